The molecule has 518 valence electrons. The van der Waals surface area contributed by atoms with E-state index in [2.05, 4.69) is 63.2 Å². The zero-order valence-corrected chi connectivity index (χ0v) is 54.1. The van der Waals surface area contributed by atoms with Crippen molar-refractivity contribution in [1.29, 1.82) is 0 Å². The lowest BCUT2D eigenvalue weighted by molar-refractivity contribution is -0.142. The van der Waals surface area contributed by atoms with Crippen LogP contribution in [0.2, 0.25) is 0 Å². The number of carboxylic acid groups (broad SMARTS) is 1. The van der Waals surface area contributed by atoms with Gasteiger partial charge in [0, 0.05) is 26.4 Å². The van der Waals surface area contributed by atoms with E-state index < -0.39 is 150 Å². The molecule has 0 spiro atoms. The van der Waals surface area contributed by atoms with Crippen molar-refractivity contribution in [3.8, 4) is 5.75 Å². The van der Waals surface area contributed by atoms with Crippen LogP contribution >= 0.6 is 11.8 Å². The van der Waals surface area contributed by atoms with Gasteiger partial charge in [-0.1, -0.05) is 39.8 Å². The van der Waals surface area contributed by atoms with E-state index in [-0.39, 0.29) is 119 Å². The van der Waals surface area contributed by atoms with Gasteiger partial charge in [-0.05, 0) is 119 Å². The molecular weight excluding hydrogens is 1220 g/mol. The highest BCUT2D eigenvalue weighted by Crippen LogP contribution is 2.15. The maximum atomic E-state index is 14.4. The Hall–Kier alpha value is -8.57. The first-order chi connectivity index (χ1) is 43.2. The maximum Gasteiger partial charge on any atom is 0.305 e. The van der Waals surface area contributed by atoms with Gasteiger partial charge in [-0.25, -0.2) is 0 Å². The number of aliphatic imine (C=N–C) groups is 2. The summed E-state index contributed by atoms with van der Waals surface area (Å²) in [4.78, 5) is 171. The number of benzene rings is 1. The van der Waals surface area contributed by atoms with Gasteiger partial charge in [0.1, 0.15) is 66.2 Å². The molecule has 35 heteroatoms. The molecule has 34 nitrogen and oxygen atoms in total. The molecule has 11 atom stereocenters. The van der Waals surface area contributed by atoms with Gasteiger partial charge in [0.25, 0.3) is 0 Å². The van der Waals surface area contributed by atoms with E-state index in [0.29, 0.717) is 12.0 Å². The van der Waals surface area contributed by atoms with Crippen LogP contribution in [0.5, 0.6) is 5.75 Å². The molecule has 0 aliphatic carbocycles. The molecule has 0 unspecified atom stereocenters. The molecule has 0 saturated carbocycles. The van der Waals surface area contributed by atoms with Gasteiger partial charge in [0.15, 0.2) is 11.9 Å². The molecule has 0 radical (unpaired) electrons. The highest BCUT2D eigenvalue weighted by molar-refractivity contribution is 7.98. The van der Waals surface area contributed by atoms with Gasteiger partial charge < -0.3 is 108 Å². The quantitative estimate of drug-likeness (QED) is 0.0164. The number of carbonyl (C=O) groups excluding carboxylic acids is 11. The third-order valence-electron chi connectivity index (χ3n) is 13.6. The van der Waals surface area contributed by atoms with Crippen molar-refractivity contribution in [1.82, 2.24) is 53.2 Å². The lowest BCUT2D eigenvalue weighted by Gasteiger charge is -2.29. The van der Waals surface area contributed by atoms with E-state index in [1.165, 1.54) is 43.0 Å². The van der Waals surface area contributed by atoms with Crippen molar-refractivity contribution in [3.63, 3.8) is 0 Å². The second kappa shape index (κ2) is 43.2. The van der Waals surface area contributed by atoms with E-state index in [0.717, 1.165) is 6.92 Å². The monoisotopic (exact) mass is 1320 g/mol. The second-order valence-corrected chi connectivity index (χ2v) is 23.7. The average molecular weight is 1320 g/mol. The number of thioether (sulfide) groups is 1. The fourth-order valence-electron chi connectivity index (χ4n) is 8.96. The van der Waals surface area contributed by atoms with E-state index in [9.17, 15) is 78.0 Å². The van der Waals surface area contributed by atoms with Gasteiger partial charge in [0.2, 0.25) is 65.0 Å². The number of amides is 11. The summed E-state index contributed by atoms with van der Waals surface area (Å²) in [6, 6.07) is -9.81. The Bertz CT molecular complexity index is 2660. The molecule has 0 fully saturated rings. The zero-order chi connectivity index (χ0) is 69.8. The predicted octanol–water partition coefficient (Wildman–Crippen LogP) is -5.78. The van der Waals surface area contributed by atoms with Crippen molar-refractivity contribution >= 4 is 94.6 Å². The van der Waals surface area contributed by atoms with Gasteiger partial charge in [-0.2, -0.15) is 11.8 Å². The number of nitrogens with one attached hydrogen (secondary N) is 10. The Morgan fingerprint density at radius 1 is 0.500 bits per heavy atom. The van der Waals surface area contributed by atoms with E-state index in [1.54, 1.807) is 20.1 Å². The lowest BCUT2D eigenvalue weighted by Crippen LogP contribution is -2.62. The third kappa shape index (κ3) is 33.0. The highest BCUT2D eigenvalue weighted by atomic mass is 32.2. The fourth-order valence-corrected chi connectivity index (χ4v) is 9.43. The summed E-state index contributed by atoms with van der Waals surface area (Å²) in [6.07, 6.45) is -0.920. The number of primary amides is 1. The number of guanidine groups is 2. The Morgan fingerprint density at radius 2 is 0.891 bits per heavy atom. The molecule has 1 aromatic rings. The molecule has 0 heterocycles. The molecular formula is C57H98N18O16S. The van der Waals surface area contributed by atoms with Crippen LogP contribution in [-0.4, -0.2) is 208 Å². The Morgan fingerprint density at radius 3 is 1.32 bits per heavy atom. The number of rotatable bonds is 45. The van der Waals surface area contributed by atoms with Crippen molar-refractivity contribution in [2.45, 2.75) is 185 Å². The van der Waals surface area contributed by atoms with Gasteiger partial charge >= 0.3 is 5.97 Å². The number of carbonyl (C=O) groups is 12. The minimum atomic E-state index is -2.02. The van der Waals surface area contributed by atoms with Gasteiger partial charge in [-0.15, -0.1) is 0 Å². The van der Waals surface area contributed by atoms with Crippen molar-refractivity contribution < 1.29 is 78.0 Å². The van der Waals surface area contributed by atoms with E-state index in [1.807, 2.05) is 13.8 Å². The van der Waals surface area contributed by atoms with E-state index in [4.69, 9.17) is 34.4 Å². The number of phenolic OH excluding ortho intramolecular Hbond substituents is 1. The van der Waals surface area contributed by atoms with Crippen LogP contribution in [0, 0.1) is 11.8 Å². The van der Waals surface area contributed by atoms with Crippen LogP contribution in [0.25, 0.3) is 0 Å². The van der Waals surface area contributed by atoms with Crippen LogP contribution in [0.3, 0.4) is 0 Å². The average Bonchev–Trinajstić information content (AvgIpc) is 1.09. The molecule has 0 saturated heterocycles. The molecule has 0 aliphatic heterocycles. The molecule has 0 aromatic heterocycles. The molecule has 0 aliphatic rings. The SMILES string of the molecule is CSCC[C@H](NC(=O)[C@H](CO)NC(=O)[C@H](CCCN=C(N)N)NC(=O)[C@H](CC(C)C)NC(C)=O)C(=O)N[C@H](C(=O)N[C@@H](CC(=O)O)C(=O)N[C@@H](CCCCN)C(=O)N[C@@H](Cc1ccc(O)cc1)C(=O)N[C@@H](CCCN=C(N)N)C(=O)N[C@@H](CC(C)C)C(N)=O)[C@@H](C)O. The Kier molecular flexibility index (Phi) is 38.3. The smallest absolute Gasteiger partial charge is 0.305 e. The summed E-state index contributed by atoms with van der Waals surface area (Å²) in [7, 11) is 0. The standard InChI is InChI=1S/C57H98N18O16S/c1-29(2)24-39(46(59)82)71-47(83)36(13-10-21-64-56(60)61)69-52(88)41(26-33-15-17-34(79)18-16-33)72-48(84)35(12-8-9-20-58)67-53(89)42(27-44(80)81)73-55(91)45(31(5)77)75-50(86)38(19-23-92-7)70-54(90)43(28-76)74-49(85)37(14-11-22-65-57(62)63)68-51(87)40(25-30(3)4)66-32(6)78/h15-18,29-31,35-43,45,76-77,79H,8-14,19-28,58H2,1-7H3,(H2,59,82)(H,66,78)(H,67,89)(H,68,87)(H,69,88)(H,70,90)(H,71,83)(H,72,84)(H,73,91)(H,74,85)(H,75,86)(H,80,81)(H4,60,61,64)(H4,62,63,65)/t31-,35+,36+,37+,38+,39+,40+,41+,42+,43+,45+/m1/s1. The molecule has 1 rings (SSSR count). The molecule has 92 heavy (non-hydrogen) atoms. The minimum Gasteiger partial charge on any atom is -0.508 e. The largest absolute Gasteiger partial charge is 0.508 e. The maximum absolute atomic E-state index is 14.4. The number of carboxylic acids is 1. The highest BCUT2D eigenvalue weighted by Gasteiger charge is 2.37. The first-order valence-electron chi connectivity index (χ1n) is 30.1. The molecule has 0 bridgehead atoms. The van der Waals surface area contributed by atoms with Crippen LogP contribution in [-0.2, 0) is 64.0 Å². The number of nitrogens with zero attached hydrogens (tertiary/aromatic N) is 2. The predicted molar refractivity (Wildman–Crippen MR) is 342 cm³/mol. The number of aromatic hydroxyl groups is 1. The number of unbranched alkanes of at least 4 members (excludes halogenated alkanes) is 1. The number of aliphatic carboxylic acids is 1. The number of aliphatic hydroxyl groups is 2. The molecule has 26 N–H and O–H groups in total. The molecule has 1 aromatic carbocycles. The number of aliphatic hydroxyl groups excluding tert-OH is 2. The Balaban J connectivity index is 3.63. The third-order valence-corrected chi connectivity index (χ3v) is 14.3. The molecule has 11 amide bonds. The first-order valence-corrected chi connectivity index (χ1v) is 31.5. The summed E-state index contributed by atoms with van der Waals surface area (Å²) in [5, 5.41) is 65.9. The van der Waals surface area contributed by atoms with Crippen molar-refractivity contribution in [2.24, 2.45) is 56.2 Å². The van der Waals surface area contributed by atoms with Crippen LogP contribution in [0.4, 0.5) is 0 Å². The van der Waals surface area contributed by atoms with Crippen LogP contribution in [0.1, 0.15) is 118 Å². The lowest BCUT2D eigenvalue weighted by atomic mass is 10.0. The van der Waals surface area contributed by atoms with Crippen molar-refractivity contribution in [2.75, 3.05) is 38.2 Å². The van der Waals surface area contributed by atoms with Gasteiger partial charge in [0.05, 0.1) is 19.1 Å². The normalized spacial score (nSPS) is 14.7. The Labute approximate surface area is 539 Å². The topological polar surface area (TPSA) is 587 Å². The first kappa shape index (κ1) is 81.4. The van der Waals surface area contributed by atoms with E-state index >= 15 is 0 Å². The fraction of sp³-hybridized carbons (Fsp3) is 0.649. The summed E-state index contributed by atoms with van der Waals surface area (Å²) in [5.41, 5.74) is 33.6. The van der Waals surface area contributed by atoms with Crippen molar-refractivity contribution in [3.05, 3.63) is 29.8 Å². The summed E-state index contributed by atoms with van der Waals surface area (Å²) < 4.78 is 0. The number of hydrogen-bond acceptors (Lipinski definition) is 19. The zero-order valence-electron chi connectivity index (χ0n) is 53.3. The second-order valence-electron chi connectivity index (χ2n) is 22.7. The summed E-state index contributed by atoms with van der Waals surface area (Å²) in [5.74, 6) is -12.8. The van der Waals surface area contributed by atoms with Gasteiger partial charge in [-0.3, -0.25) is 67.5 Å². The number of phenols is 1. The number of hydrogen-bond donors (Lipinski definition) is 20. The van der Waals surface area contributed by atoms with Crippen LogP contribution in [0.15, 0.2) is 34.3 Å². The minimum absolute atomic E-state index is 0.0283. The summed E-state index contributed by atoms with van der Waals surface area (Å²) >= 11 is 1.24. The number of nitrogens with two attached hydrogens (primary N) is 6. The summed E-state index contributed by atoms with van der Waals surface area (Å²) in [6.45, 7) is 8.65. The van der Waals surface area contributed by atoms with Crippen LogP contribution < -0.4 is 87.6 Å².